The Balaban J connectivity index is 1.50. The Bertz CT molecular complexity index is 957. The van der Waals surface area contributed by atoms with Gasteiger partial charge in [-0.2, -0.15) is 5.26 Å². The van der Waals surface area contributed by atoms with Gasteiger partial charge in [0.1, 0.15) is 18.8 Å². The lowest BCUT2D eigenvalue weighted by atomic mass is 10.1. The van der Waals surface area contributed by atoms with Crippen LogP contribution in [0.5, 0.6) is 11.5 Å². The SMILES string of the molecule is CCN(Cc1cn2ccccc2c1C#N)C[C@H]1COc2ccccc2O1. The van der Waals surface area contributed by atoms with E-state index in [0.717, 1.165) is 41.2 Å². The predicted molar refractivity (Wildman–Crippen MR) is 99.4 cm³/mol. The number of likely N-dealkylation sites (N-methyl/N-ethyl adjacent to an activating group) is 1. The average molecular weight is 347 g/mol. The fourth-order valence-electron chi connectivity index (χ4n) is 3.41. The predicted octanol–water partition coefficient (Wildman–Crippen LogP) is 3.47. The van der Waals surface area contributed by atoms with Crippen molar-refractivity contribution in [3.63, 3.8) is 0 Å². The van der Waals surface area contributed by atoms with E-state index in [1.165, 1.54) is 0 Å². The molecule has 0 saturated carbocycles. The van der Waals surface area contributed by atoms with Gasteiger partial charge in [-0.3, -0.25) is 4.90 Å². The lowest BCUT2D eigenvalue weighted by Crippen LogP contribution is -2.40. The van der Waals surface area contributed by atoms with Crippen molar-refractivity contribution in [2.75, 3.05) is 19.7 Å². The minimum absolute atomic E-state index is 0.0209. The zero-order valence-corrected chi connectivity index (χ0v) is 14.8. The summed E-state index contributed by atoms with van der Waals surface area (Å²) in [5.74, 6) is 1.60. The first kappa shape index (κ1) is 16.5. The van der Waals surface area contributed by atoms with Crippen LogP contribution in [0.1, 0.15) is 18.1 Å². The van der Waals surface area contributed by atoms with E-state index >= 15 is 0 Å². The summed E-state index contributed by atoms with van der Waals surface area (Å²) in [6.45, 7) is 5.00. The van der Waals surface area contributed by atoms with Crippen molar-refractivity contribution < 1.29 is 9.47 Å². The van der Waals surface area contributed by atoms with Crippen LogP contribution in [0.25, 0.3) is 5.52 Å². The van der Waals surface area contributed by atoms with Crippen molar-refractivity contribution >= 4 is 5.52 Å². The van der Waals surface area contributed by atoms with Gasteiger partial charge in [-0.15, -0.1) is 0 Å². The maximum Gasteiger partial charge on any atom is 0.161 e. The zero-order chi connectivity index (χ0) is 17.9. The van der Waals surface area contributed by atoms with Crippen LogP contribution in [0.4, 0.5) is 0 Å². The molecule has 2 aromatic heterocycles. The van der Waals surface area contributed by atoms with Crippen LogP contribution in [0.15, 0.2) is 54.9 Å². The van der Waals surface area contributed by atoms with E-state index in [2.05, 4.69) is 17.9 Å². The van der Waals surface area contributed by atoms with Gasteiger partial charge < -0.3 is 13.9 Å². The zero-order valence-electron chi connectivity index (χ0n) is 14.8. The van der Waals surface area contributed by atoms with Crippen LogP contribution >= 0.6 is 0 Å². The maximum atomic E-state index is 9.60. The fourth-order valence-corrected chi connectivity index (χ4v) is 3.41. The van der Waals surface area contributed by atoms with Gasteiger partial charge >= 0.3 is 0 Å². The molecule has 4 rings (SSSR count). The van der Waals surface area contributed by atoms with Gasteiger partial charge in [0.25, 0.3) is 0 Å². The van der Waals surface area contributed by atoms with E-state index in [1.54, 1.807) is 0 Å². The van der Waals surface area contributed by atoms with Crippen LogP contribution in [0, 0.1) is 11.3 Å². The van der Waals surface area contributed by atoms with Gasteiger partial charge in [-0.05, 0) is 30.8 Å². The summed E-state index contributed by atoms with van der Waals surface area (Å²) < 4.78 is 13.9. The summed E-state index contributed by atoms with van der Waals surface area (Å²) in [6.07, 6.45) is 4.00. The minimum Gasteiger partial charge on any atom is -0.486 e. The Morgan fingerprint density at radius 3 is 2.81 bits per heavy atom. The van der Waals surface area contributed by atoms with E-state index in [4.69, 9.17) is 9.47 Å². The molecule has 3 heterocycles. The second-order valence-electron chi connectivity index (χ2n) is 6.46. The third kappa shape index (κ3) is 3.12. The third-order valence-corrected chi connectivity index (χ3v) is 4.74. The highest BCUT2D eigenvalue weighted by atomic mass is 16.6. The number of hydrogen-bond acceptors (Lipinski definition) is 4. The van der Waals surface area contributed by atoms with Gasteiger partial charge in [-0.25, -0.2) is 0 Å². The molecule has 26 heavy (non-hydrogen) atoms. The maximum absolute atomic E-state index is 9.60. The number of rotatable bonds is 5. The number of para-hydroxylation sites is 2. The minimum atomic E-state index is -0.0209. The van der Waals surface area contributed by atoms with Crippen LogP contribution in [0.3, 0.4) is 0 Å². The first-order valence-electron chi connectivity index (χ1n) is 8.88. The molecule has 3 aromatic rings. The van der Waals surface area contributed by atoms with Crippen LogP contribution < -0.4 is 9.47 Å². The highest BCUT2D eigenvalue weighted by Crippen LogP contribution is 2.31. The third-order valence-electron chi connectivity index (χ3n) is 4.74. The van der Waals surface area contributed by atoms with Crippen molar-refractivity contribution in [1.82, 2.24) is 9.30 Å². The summed E-state index contributed by atoms with van der Waals surface area (Å²) >= 11 is 0. The van der Waals surface area contributed by atoms with E-state index in [1.807, 2.05) is 59.3 Å². The molecule has 0 fully saturated rings. The van der Waals surface area contributed by atoms with Crippen molar-refractivity contribution in [2.24, 2.45) is 0 Å². The molecule has 132 valence electrons. The molecule has 0 aliphatic carbocycles. The number of pyridine rings is 1. The molecule has 1 aromatic carbocycles. The molecule has 1 atom stereocenters. The molecule has 5 heteroatoms. The highest BCUT2D eigenvalue weighted by molar-refractivity contribution is 5.65. The van der Waals surface area contributed by atoms with Crippen LogP contribution in [-0.2, 0) is 6.54 Å². The topological polar surface area (TPSA) is 49.9 Å². The fraction of sp³-hybridized carbons (Fsp3) is 0.286. The second-order valence-corrected chi connectivity index (χ2v) is 6.46. The molecule has 0 bridgehead atoms. The summed E-state index contributed by atoms with van der Waals surface area (Å²) in [6, 6.07) is 16.0. The Labute approximate surface area is 153 Å². The normalized spacial score (nSPS) is 16.0. The number of nitrogens with zero attached hydrogens (tertiary/aromatic N) is 3. The Hall–Kier alpha value is -2.97. The lowest BCUT2D eigenvalue weighted by Gasteiger charge is -2.30. The standard InChI is InChI=1S/C21H21N3O2/c1-2-23(14-17-15-25-20-8-3-4-9-21(20)26-17)12-16-13-24-10-6-5-7-19(24)18(16)11-22/h3-10,13,17H,2,12,14-15H2,1H3/t17-/m0/s1. The molecule has 1 aliphatic rings. The smallest absolute Gasteiger partial charge is 0.161 e. The molecular weight excluding hydrogens is 326 g/mol. The molecule has 0 saturated heterocycles. The summed E-state index contributed by atoms with van der Waals surface area (Å²) in [7, 11) is 0. The largest absolute Gasteiger partial charge is 0.486 e. The second kappa shape index (κ2) is 7.11. The Morgan fingerprint density at radius 1 is 1.19 bits per heavy atom. The Morgan fingerprint density at radius 2 is 2.00 bits per heavy atom. The number of fused-ring (bicyclic) bond motifs is 2. The van der Waals surface area contributed by atoms with Crippen molar-refractivity contribution in [1.29, 1.82) is 5.26 Å². The van der Waals surface area contributed by atoms with Gasteiger partial charge in [0, 0.05) is 31.0 Å². The molecule has 5 nitrogen and oxygen atoms in total. The first-order valence-corrected chi connectivity index (χ1v) is 8.88. The molecule has 0 amide bonds. The van der Waals surface area contributed by atoms with Crippen molar-refractivity contribution in [3.8, 4) is 17.6 Å². The Kier molecular flexibility index (Phi) is 4.51. The molecule has 1 aliphatic heterocycles. The molecular formula is C21H21N3O2. The number of ether oxygens (including phenoxy) is 2. The summed E-state index contributed by atoms with van der Waals surface area (Å²) in [4.78, 5) is 2.29. The molecule has 0 radical (unpaired) electrons. The van der Waals surface area contributed by atoms with E-state index in [0.29, 0.717) is 13.2 Å². The van der Waals surface area contributed by atoms with Gasteiger partial charge in [0.2, 0.25) is 0 Å². The molecule has 0 spiro atoms. The number of hydrogen-bond donors (Lipinski definition) is 0. The molecule has 0 N–H and O–H groups in total. The first-order chi connectivity index (χ1) is 12.8. The van der Waals surface area contributed by atoms with Crippen LogP contribution in [0.2, 0.25) is 0 Å². The highest BCUT2D eigenvalue weighted by Gasteiger charge is 2.23. The van der Waals surface area contributed by atoms with Crippen molar-refractivity contribution in [2.45, 2.75) is 19.6 Å². The monoisotopic (exact) mass is 347 g/mol. The number of aromatic nitrogens is 1. The summed E-state index contributed by atoms with van der Waals surface area (Å²) in [5.41, 5.74) is 2.74. The van der Waals surface area contributed by atoms with Gasteiger partial charge in [0.05, 0.1) is 11.1 Å². The van der Waals surface area contributed by atoms with Gasteiger partial charge in [-0.1, -0.05) is 25.1 Å². The van der Waals surface area contributed by atoms with E-state index < -0.39 is 0 Å². The summed E-state index contributed by atoms with van der Waals surface area (Å²) in [5, 5.41) is 9.60. The number of benzene rings is 1. The van der Waals surface area contributed by atoms with Crippen LogP contribution in [-0.4, -0.2) is 35.1 Å². The average Bonchev–Trinajstić information content (AvgIpc) is 3.04. The quantitative estimate of drug-likeness (QED) is 0.709. The lowest BCUT2D eigenvalue weighted by molar-refractivity contribution is 0.0580. The van der Waals surface area contributed by atoms with Crippen molar-refractivity contribution in [3.05, 3.63) is 66.0 Å². The number of nitriles is 1. The van der Waals surface area contributed by atoms with E-state index in [9.17, 15) is 5.26 Å². The van der Waals surface area contributed by atoms with E-state index in [-0.39, 0.29) is 6.10 Å². The van der Waals surface area contributed by atoms with Gasteiger partial charge in [0.15, 0.2) is 11.5 Å². The molecule has 0 unspecified atom stereocenters.